The zero-order valence-electron chi connectivity index (χ0n) is 19.2. The molecule has 152 valence electrons. The minimum atomic E-state index is 0.537. The summed E-state index contributed by atoms with van der Waals surface area (Å²) in [6, 6.07) is 7.23. The van der Waals surface area contributed by atoms with Crippen LogP contribution in [-0.4, -0.2) is 7.28 Å². The van der Waals surface area contributed by atoms with Gasteiger partial charge in [0, 0.05) is 0 Å². The van der Waals surface area contributed by atoms with Gasteiger partial charge in [-0.15, -0.1) is 0 Å². The lowest BCUT2D eigenvalue weighted by Gasteiger charge is -2.23. The molecule has 2 rings (SSSR count). The molecule has 1 aliphatic rings. The Balaban J connectivity index is 2.14. The maximum Gasteiger partial charge on any atom is 0.160 e. The Hall–Kier alpha value is -1.50. The van der Waals surface area contributed by atoms with E-state index in [1.54, 1.807) is 5.57 Å². The van der Waals surface area contributed by atoms with Gasteiger partial charge in [-0.05, 0) is 61.6 Å². The van der Waals surface area contributed by atoms with E-state index in [2.05, 4.69) is 84.0 Å². The highest BCUT2D eigenvalue weighted by Gasteiger charge is 2.17. The average molecular weight is 376 g/mol. The molecule has 1 heteroatoms. The van der Waals surface area contributed by atoms with Gasteiger partial charge in [-0.2, -0.15) is 0 Å². The quantitative estimate of drug-likeness (QED) is 0.295. The van der Waals surface area contributed by atoms with Crippen LogP contribution in [0.2, 0.25) is 5.82 Å². The highest BCUT2D eigenvalue weighted by Crippen LogP contribution is 2.34. The number of rotatable bonds is 10. The van der Waals surface area contributed by atoms with Crippen LogP contribution < -0.4 is 5.46 Å². The maximum absolute atomic E-state index is 2.50. The van der Waals surface area contributed by atoms with Gasteiger partial charge in [-0.3, -0.25) is 0 Å². The molecule has 1 aromatic rings. The molecule has 1 aromatic carbocycles. The van der Waals surface area contributed by atoms with E-state index in [1.807, 2.05) is 0 Å². The lowest BCUT2D eigenvalue weighted by atomic mass is 9.56. The Morgan fingerprint density at radius 2 is 1.93 bits per heavy atom. The van der Waals surface area contributed by atoms with Crippen LogP contribution >= 0.6 is 0 Å². The lowest BCUT2D eigenvalue weighted by molar-refractivity contribution is 0.609. The zero-order chi connectivity index (χ0) is 20.5. The SMILES string of the molecule is C/C=C\C(CC)CC1=CC(C)C=C(c2ccc(BC(CC)CCC)cc2C)C1. The van der Waals surface area contributed by atoms with E-state index in [0.29, 0.717) is 11.8 Å². The fraction of sp³-hybridized carbons (Fsp3) is 0.556. The Morgan fingerprint density at radius 3 is 2.54 bits per heavy atom. The van der Waals surface area contributed by atoms with Gasteiger partial charge < -0.3 is 0 Å². The molecule has 0 aliphatic heterocycles. The molecule has 3 unspecified atom stereocenters. The van der Waals surface area contributed by atoms with Gasteiger partial charge in [0.1, 0.15) is 0 Å². The second-order valence-corrected chi connectivity index (χ2v) is 8.87. The van der Waals surface area contributed by atoms with Crippen LogP contribution in [-0.2, 0) is 0 Å². The summed E-state index contributed by atoms with van der Waals surface area (Å²) in [6.07, 6.45) is 17.0. The van der Waals surface area contributed by atoms with Crippen molar-refractivity contribution in [3.05, 3.63) is 59.2 Å². The summed E-state index contributed by atoms with van der Waals surface area (Å²) in [4.78, 5) is 0. The van der Waals surface area contributed by atoms with E-state index in [-0.39, 0.29) is 0 Å². The van der Waals surface area contributed by atoms with Crippen molar-refractivity contribution in [1.29, 1.82) is 0 Å². The number of allylic oxidation sites excluding steroid dienone is 6. The summed E-state index contributed by atoms with van der Waals surface area (Å²) in [7, 11) is 1.23. The second-order valence-electron chi connectivity index (χ2n) is 8.87. The highest BCUT2D eigenvalue weighted by molar-refractivity contribution is 6.55. The fourth-order valence-corrected chi connectivity index (χ4v) is 4.79. The third-order valence-corrected chi connectivity index (χ3v) is 6.33. The molecule has 0 fully saturated rings. The second kappa shape index (κ2) is 11.5. The molecule has 0 amide bonds. The summed E-state index contributed by atoms with van der Waals surface area (Å²) in [5.41, 5.74) is 7.58. The molecule has 0 nitrogen and oxygen atoms in total. The molecule has 0 spiro atoms. The molecular formula is C27H41B. The first-order valence-corrected chi connectivity index (χ1v) is 11.6. The van der Waals surface area contributed by atoms with E-state index in [0.717, 1.165) is 12.2 Å². The van der Waals surface area contributed by atoms with Crippen LogP contribution in [0.3, 0.4) is 0 Å². The van der Waals surface area contributed by atoms with Crippen LogP contribution in [0, 0.1) is 18.8 Å². The average Bonchev–Trinajstić information content (AvgIpc) is 2.66. The lowest BCUT2D eigenvalue weighted by Crippen LogP contribution is -2.20. The molecule has 28 heavy (non-hydrogen) atoms. The molecule has 0 radical (unpaired) electrons. The standard InChI is InChI=1S/C27H41B/c1-7-11-22(9-3)18-23-15-20(5)16-24(19-23)27-14-13-26(17-21(27)6)28-25(10-4)12-8-2/h7,11,13-17,20,22,25,28H,8-10,12,18-19H2,1-6H3/b11-7-. The highest BCUT2D eigenvalue weighted by atomic mass is 14.2. The number of hydrogen-bond acceptors (Lipinski definition) is 0. The summed E-state index contributed by atoms with van der Waals surface area (Å²) in [6.45, 7) is 13.7. The van der Waals surface area contributed by atoms with Crippen molar-refractivity contribution < 1.29 is 0 Å². The molecule has 3 atom stereocenters. The van der Waals surface area contributed by atoms with Crippen molar-refractivity contribution in [2.24, 2.45) is 11.8 Å². The van der Waals surface area contributed by atoms with E-state index < -0.39 is 0 Å². The Morgan fingerprint density at radius 1 is 1.14 bits per heavy atom. The van der Waals surface area contributed by atoms with Gasteiger partial charge in [0.2, 0.25) is 0 Å². The predicted molar refractivity (Wildman–Crippen MR) is 130 cm³/mol. The number of hydrogen-bond donors (Lipinski definition) is 0. The maximum atomic E-state index is 2.50. The molecule has 0 bridgehead atoms. The third kappa shape index (κ3) is 6.54. The molecule has 0 heterocycles. The van der Waals surface area contributed by atoms with Gasteiger partial charge in [0.05, 0.1) is 0 Å². The Labute approximate surface area is 175 Å². The fourth-order valence-electron chi connectivity index (χ4n) is 4.79. The van der Waals surface area contributed by atoms with Crippen LogP contribution in [0.15, 0.2) is 48.1 Å². The van der Waals surface area contributed by atoms with Gasteiger partial charge >= 0.3 is 0 Å². The first-order valence-electron chi connectivity index (χ1n) is 11.6. The Kier molecular flexibility index (Phi) is 9.35. The van der Waals surface area contributed by atoms with Crippen molar-refractivity contribution >= 4 is 18.3 Å². The van der Waals surface area contributed by atoms with Gasteiger partial charge in [-0.1, -0.05) is 106 Å². The molecule has 0 saturated heterocycles. The summed E-state index contributed by atoms with van der Waals surface area (Å²) in [5.74, 6) is 2.04. The first kappa shape index (κ1) is 22.8. The monoisotopic (exact) mass is 376 g/mol. The van der Waals surface area contributed by atoms with Gasteiger partial charge in [0.15, 0.2) is 7.28 Å². The molecule has 1 aliphatic carbocycles. The molecular weight excluding hydrogens is 335 g/mol. The van der Waals surface area contributed by atoms with Crippen molar-refractivity contribution in [3.8, 4) is 0 Å². The summed E-state index contributed by atoms with van der Waals surface area (Å²) in [5, 5.41) is 0. The van der Waals surface area contributed by atoms with Gasteiger partial charge in [0.25, 0.3) is 0 Å². The van der Waals surface area contributed by atoms with E-state index in [4.69, 9.17) is 0 Å². The van der Waals surface area contributed by atoms with Gasteiger partial charge in [-0.25, -0.2) is 0 Å². The predicted octanol–water partition coefficient (Wildman–Crippen LogP) is 7.40. The molecule has 0 N–H and O–H groups in total. The van der Waals surface area contributed by atoms with E-state index in [1.165, 1.54) is 61.5 Å². The van der Waals surface area contributed by atoms with Crippen molar-refractivity contribution in [3.63, 3.8) is 0 Å². The van der Waals surface area contributed by atoms with Crippen LogP contribution in [0.1, 0.15) is 84.3 Å². The first-order chi connectivity index (χ1) is 13.5. The number of benzene rings is 1. The van der Waals surface area contributed by atoms with Crippen molar-refractivity contribution in [1.82, 2.24) is 0 Å². The molecule has 0 aromatic heterocycles. The minimum Gasteiger partial charge on any atom is -0.0914 e. The Bertz CT molecular complexity index is 707. The largest absolute Gasteiger partial charge is 0.160 e. The zero-order valence-corrected chi connectivity index (χ0v) is 19.2. The summed E-state index contributed by atoms with van der Waals surface area (Å²) >= 11 is 0. The van der Waals surface area contributed by atoms with Crippen molar-refractivity contribution in [2.45, 2.75) is 85.9 Å². The van der Waals surface area contributed by atoms with E-state index >= 15 is 0 Å². The van der Waals surface area contributed by atoms with Crippen LogP contribution in [0.5, 0.6) is 0 Å². The van der Waals surface area contributed by atoms with Crippen molar-refractivity contribution in [2.75, 3.05) is 0 Å². The molecule has 0 saturated carbocycles. The van der Waals surface area contributed by atoms with Crippen LogP contribution in [0.25, 0.3) is 5.57 Å². The number of aryl methyl sites for hydroxylation is 1. The topological polar surface area (TPSA) is 0 Å². The third-order valence-electron chi connectivity index (χ3n) is 6.33. The minimum absolute atomic E-state index is 0.537. The normalized spacial score (nSPS) is 19.3. The smallest absolute Gasteiger partial charge is 0.0914 e. The van der Waals surface area contributed by atoms with E-state index in [9.17, 15) is 0 Å². The van der Waals surface area contributed by atoms with Crippen LogP contribution in [0.4, 0.5) is 0 Å². The summed E-state index contributed by atoms with van der Waals surface area (Å²) < 4.78 is 0.